The van der Waals surface area contributed by atoms with Crippen LogP contribution in [-0.4, -0.2) is 32.3 Å². The normalized spacial score (nSPS) is 13.5. The Morgan fingerprint density at radius 1 is 1.09 bits per heavy atom. The monoisotopic (exact) mass is 297 g/mol. The van der Waals surface area contributed by atoms with E-state index in [4.69, 9.17) is 14.2 Å². The Balaban J connectivity index is 1.85. The highest BCUT2D eigenvalue weighted by Crippen LogP contribution is 2.36. The van der Waals surface area contributed by atoms with Crippen molar-refractivity contribution in [1.29, 1.82) is 0 Å². The minimum absolute atomic E-state index is 0.265. The zero-order chi connectivity index (χ0) is 15.4. The first kappa shape index (κ1) is 14.5. The maximum atomic E-state index is 6.08. The third-order valence-electron chi connectivity index (χ3n) is 3.27. The van der Waals surface area contributed by atoms with E-state index in [1.54, 1.807) is 0 Å². The lowest BCUT2D eigenvalue weighted by atomic mass is 10.2. The minimum atomic E-state index is 0.265. The van der Waals surface area contributed by atoms with Crippen LogP contribution in [0.1, 0.15) is 5.56 Å². The van der Waals surface area contributed by atoms with Crippen molar-refractivity contribution in [2.75, 3.05) is 27.4 Å². The maximum Gasteiger partial charge on any atom is 0.231 e. The van der Waals surface area contributed by atoms with Gasteiger partial charge in [0.1, 0.15) is 11.5 Å². The molecule has 4 heteroatoms. The lowest BCUT2D eigenvalue weighted by molar-refractivity contribution is 0.174. The first-order chi connectivity index (χ1) is 10.7. The lowest BCUT2D eigenvalue weighted by Gasteiger charge is -2.13. The van der Waals surface area contributed by atoms with Gasteiger partial charge in [0.05, 0.1) is 0 Å². The molecule has 2 aromatic rings. The average Bonchev–Trinajstić information content (AvgIpc) is 2.99. The van der Waals surface area contributed by atoms with Crippen LogP contribution < -0.4 is 14.2 Å². The standard InChI is InChI=1S/C18H19NO3/c1-19(2)11-10-16(14-6-4-3-5-7-14)22-15-8-9-17-18(12-15)21-13-20-17/h3-10,12H,11,13H2,1-2H3. The number of fused-ring (bicyclic) bond motifs is 1. The number of rotatable bonds is 5. The van der Waals surface area contributed by atoms with E-state index in [-0.39, 0.29) is 6.79 Å². The molecular formula is C18H19NO3. The van der Waals surface area contributed by atoms with Crippen LogP contribution in [0, 0.1) is 0 Å². The molecule has 0 spiro atoms. The van der Waals surface area contributed by atoms with Crippen LogP contribution >= 0.6 is 0 Å². The second kappa shape index (κ2) is 6.54. The highest BCUT2D eigenvalue weighted by Gasteiger charge is 2.14. The van der Waals surface area contributed by atoms with Crippen molar-refractivity contribution in [2.24, 2.45) is 0 Å². The molecule has 0 bridgehead atoms. The number of nitrogens with zero attached hydrogens (tertiary/aromatic N) is 1. The molecule has 0 unspecified atom stereocenters. The van der Waals surface area contributed by atoms with Crippen molar-refractivity contribution in [1.82, 2.24) is 4.90 Å². The predicted molar refractivity (Wildman–Crippen MR) is 86.2 cm³/mol. The molecule has 2 aromatic carbocycles. The quantitative estimate of drug-likeness (QED) is 0.792. The van der Waals surface area contributed by atoms with E-state index in [0.29, 0.717) is 0 Å². The van der Waals surface area contributed by atoms with Crippen LogP contribution in [-0.2, 0) is 0 Å². The molecule has 22 heavy (non-hydrogen) atoms. The lowest BCUT2D eigenvalue weighted by Crippen LogP contribution is -2.12. The van der Waals surface area contributed by atoms with E-state index >= 15 is 0 Å². The Morgan fingerprint density at radius 2 is 1.86 bits per heavy atom. The molecule has 0 saturated carbocycles. The van der Waals surface area contributed by atoms with Crippen molar-refractivity contribution in [2.45, 2.75) is 0 Å². The van der Waals surface area contributed by atoms with Crippen molar-refractivity contribution in [3.63, 3.8) is 0 Å². The summed E-state index contributed by atoms with van der Waals surface area (Å²) in [5.41, 5.74) is 1.04. The van der Waals surface area contributed by atoms with Gasteiger partial charge < -0.3 is 19.1 Å². The van der Waals surface area contributed by atoms with Crippen LogP contribution in [0.3, 0.4) is 0 Å². The molecule has 3 rings (SSSR count). The topological polar surface area (TPSA) is 30.9 Å². The third kappa shape index (κ3) is 3.40. The van der Waals surface area contributed by atoms with Crippen LogP contribution in [0.25, 0.3) is 5.76 Å². The molecule has 0 saturated heterocycles. The van der Waals surface area contributed by atoms with E-state index in [1.165, 1.54) is 0 Å². The zero-order valence-electron chi connectivity index (χ0n) is 12.8. The minimum Gasteiger partial charge on any atom is -0.457 e. The van der Waals surface area contributed by atoms with Crippen LogP contribution in [0.15, 0.2) is 54.6 Å². The Kier molecular flexibility index (Phi) is 4.30. The summed E-state index contributed by atoms with van der Waals surface area (Å²) in [5.74, 6) is 3.04. The molecule has 1 aliphatic rings. The predicted octanol–water partition coefficient (Wildman–Crippen LogP) is 3.40. The summed E-state index contributed by atoms with van der Waals surface area (Å²) in [6.07, 6.45) is 2.07. The molecular weight excluding hydrogens is 278 g/mol. The molecule has 0 aromatic heterocycles. The number of likely N-dealkylation sites (N-methyl/N-ethyl adjacent to an activating group) is 1. The molecule has 4 nitrogen and oxygen atoms in total. The second-order valence-corrected chi connectivity index (χ2v) is 5.31. The molecule has 0 radical (unpaired) electrons. The summed E-state index contributed by atoms with van der Waals surface area (Å²) < 4.78 is 16.8. The number of hydrogen-bond donors (Lipinski definition) is 0. The number of benzene rings is 2. The van der Waals surface area contributed by atoms with E-state index in [9.17, 15) is 0 Å². The first-order valence-electron chi connectivity index (χ1n) is 7.20. The van der Waals surface area contributed by atoms with Crippen molar-refractivity contribution >= 4 is 5.76 Å². The Bertz CT molecular complexity index is 665. The van der Waals surface area contributed by atoms with Crippen molar-refractivity contribution in [3.05, 3.63) is 60.2 Å². The fourth-order valence-corrected chi connectivity index (χ4v) is 2.15. The van der Waals surface area contributed by atoms with E-state index in [2.05, 4.69) is 11.0 Å². The SMILES string of the molecule is CN(C)CC=C(Oc1ccc2c(c1)OCO2)c1ccccc1. The molecule has 0 N–H and O–H groups in total. The van der Waals surface area contributed by atoms with Gasteiger partial charge in [-0.25, -0.2) is 0 Å². The summed E-state index contributed by atoms with van der Waals surface area (Å²) >= 11 is 0. The molecule has 114 valence electrons. The fourth-order valence-electron chi connectivity index (χ4n) is 2.15. The second-order valence-electron chi connectivity index (χ2n) is 5.31. The average molecular weight is 297 g/mol. The van der Waals surface area contributed by atoms with Gasteiger partial charge in [0, 0.05) is 18.2 Å². The third-order valence-corrected chi connectivity index (χ3v) is 3.27. The van der Waals surface area contributed by atoms with Crippen LogP contribution in [0.5, 0.6) is 17.2 Å². The van der Waals surface area contributed by atoms with Gasteiger partial charge >= 0.3 is 0 Å². The van der Waals surface area contributed by atoms with Gasteiger partial charge in [-0.15, -0.1) is 0 Å². The Labute approximate surface area is 130 Å². The Hall–Kier alpha value is -2.46. The molecule has 1 aliphatic heterocycles. The van der Waals surface area contributed by atoms with Crippen molar-refractivity contribution < 1.29 is 14.2 Å². The van der Waals surface area contributed by atoms with E-state index in [0.717, 1.165) is 35.1 Å². The van der Waals surface area contributed by atoms with Crippen molar-refractivity contribution in [3.8, 4) is 17.2 Å². The summed E-state index contributed by atoms with van der Waals surface area (Å²) in [4.78, 5) is 2.09. The summed E-state index contributed by atoms with van der Waals surface area (Å²) in [5, 5.41) is 0. The highest BCUT2D eigenvalue weighted by molar-refractivity contribution is 5.62. The highest BCUT2D eigenvalue weighted by atomic mass is 16.7. The van der Waals surface area contributed by atoms with Gasteiger partial charge in [-0.3, -0.25) is 0 Å². The van der Waals surface area contributed by atoms with Gasteiger partial charge in [-0.05, 0) is 32.3 Å². The maximum absolute atomic E-state index is 6.08. The zero-order valence-corrected chi connectivity index (χ0v) is 12.8. The first-order valence-corrected chi connectivity index (χ1v) is 7.20. The van der Waals surface area contributed by atoms with Gasteiger partial charge in [0.25, 0.3) is 0 Å². The number of hydrogen-bond acceptors (Lipinski definition) is 4. The summed E-state index contributed by atoms with van der Waals surface area (Å²) in [6.45, 7) is 1.07. The van der Waals surface area contributed by atoms with Gasteiger partial charge in [-0.1, -0.05) is 30.3 Å². The molecule has 0 aliphatic carbocycles. The van der Waals surface area contributed by atoms with Gasteiger partial charge in [0.15, 0.2) is 11.5 Å². The summed E-state index contributed by atoms with van der Waals surface area (Å²) in [7, 11) is 4.05. The van der Waals surface area contributed by atoms with Crippen LogP contribution in [0.4, 0.5) is 0 Å². The fraction of sp³-hybridized carbons (Fsp3) is 0.222. The largest absolute Gasteiger partial charge is 0.457 e. The van der Waals surface area contributed by atoms with Crippen LogP contribution in [0.2, 0.25) is 0 Å². The van der Waals surface area contributed by atoms with E-state index < -0.39 is 0 Å². The molecule has 0 atom stereocenters. The van der Waals surface area contributed by atoms with Gasteiger partial charge in [-0.2, -0.15) is 0 Å². The Morgan fingerprint density at radius 3 is 2.64 bits per heavy atom. The number of ether oxygens (including phenoxy) is 3. The summed E-state index contributed by atoms with van der Waals surface area (Å²) in [6, 6.07) is 15.7. The van der Waals surface area contributed by atoms with Gasteiger partial charge in [0.2, 0.25) is 6.79 Å². The molecule has 0 fully saturated rings. The van der Waals surface area contributed by atoms with E-state index in [1.807, 2.05) is 62.6 Å². The molecule has 0 amide bonds. The molecule has 1 heterocycles. The smallest absolute Gasteiger partial charge is 0.231 e.